The molecule has 7 nitrogen and oxygen atoms in total. The van der Waals surface area contributed by atoms with E-state index in [0.717, 1.165) is 43.4 Å². The molecule has 3 amide bonds. The maximum Gasteiger partial charge on any atom is 0.308 e. The monoisotopic (exact) mass is 454 g/mol. The van der Waals surface area contributed by atoms with Crippen LogP contribution in [-0.4, -0.2) is 40.7 Å². The Kier molecular flexibility index (Phi) is 6.69. The van der Waals surface area contributed by atoms with Crippen molar-refractivity contribution in [3.8, 4) is 5.75 Å². The Morgan fingerprint density at radius 3 is 2.31 bits per heavy atom. The van der Waals surface area contributed by atoms with E-state index in [4.69, 9.17) is 4.74 Å². The van der Waals surface area contributed by atoms with Gasteiger partial charge in [-0.3, -0.25) is 19.2 Å². The van der Waals surface area contributed by atoms with Gasteiger partial charge >= 0.3 is 5.97 Å². The maximum absolute atomic E-state index is 13.5. The van der Waals surface area contributed by atoms with Crippen LogP contribution in [0.15, 0.2) is 41.8 Å². The summed E-state index contributed by atoms with van der Waals surface area (Å²) in [6, 6.07) is 8.97. The fraction of sp³-hybridized carbons (Fsp3) is 0.417. The van der Waals surface area contributed by atoms with E-state index in [-0.39, 0.29) is 30.2 Å². The highest BCUT2D eigenvalue weighted by Gasteiger charge is 2.46. The van der Waals surface area contributed by atoms with Gasteiger partial charge in [0, 0.05) is 13.0 Å². The smallest absolute Gasteiger partial charge is 0.308 e. The van der Waals surface area contributed by atoms with Crippen molar-refractivity contribution in [1.82, 2.24) is 4.90 Å². The molecule has 2 aromatic rings. The zero-order valence-corrected chi connectivity index (χ0v) is 18.8. The van der Waals surface area contributed by atoms with Gasteiger partial charge in [0.2, 0.25) is 5.91 Å². The number of carbonyl (C=O) groups excluding carboxylic acids is 4. The van der Waals surface area contributed by atoms with Gasteiger partial charge in [-0.05, 0) is 48.6 Å². The van der Waals surface area contributed by atoms with Crippen molar-refractivity contribution in [3.63, 3.8) is 0 Å². The summed E-state index contributed by atoms with van der Waals surface area (Å²) < 4.78 is 5.03. The number of ether oxygens (including phenoxy) is 1. The van der Waals surface area contributed by atoms with Gasteiger partial charge < -0.3 is 9.64 Å². The van der Waals surface area contributed by atoms with Crippen molar-refractivity contribution in [1.29, 1.82) is 0 Å². The number of imide groups is 1. The van der Waals surface area contributed by atoms with Gasteiger partial charge in [-0.2, -0.15) is 0 Å². The van der Waals surface area contributed by atoms with Crippen molar-refractivity contribution in [2.75, 3.05) is 4.90 Å². The van der Waals surface area contributed by atoms with E-state index in [2.05, 4.69) is 0 Å². The lowest BCUT2D eigenvalue weighted by Gasteiger charge is -2.34. The molecular formula is C24H26N2O5S. The molecule has 0 radical (unpaired) electrons. The molecule has 2 fully saturated rings. The summed E-state index contributed by atoms with van der Waals surface area (Å²) in [5, 5.41) is 1.84. The molecule has 2 aliphatic rings. The quantitative estimate of drug-likeness (QED) is 0.293. The Labute approximate surface area is 191 Å². The Balaban J connectivity index is 1.62. The average Bonchev–Trinajstić information content (AvgIpc) is 3.30. The zero-order chi connectivity index (χ0) is 22.7. The molecular weight excluding hydrogens is 428 g/mol. The molecule has 4 rings (SSSR count). The third kappa shape index (κ3) is 4.60. The lowest BCUT2D eigenvalue weighted by Crippen LogP contribution is -2.50. The Bertz CT molecular complexity index is 994. The van der Waals surface area contributed by atoms with E-state index in [1.54, 1.807) is 35.2 Å². The number of thiophene rings is 1. The van der Waals surface area contributed by atoms with Gasteiger partial charge in [-0.25, -0.2) is 4.90 Å². The fourth-order valence-electron chi connectivity index (χ4n) is 4.56. The second-order valence-corrected chi connectivity index (χ2v) is 9.16. The van der Waals surface area contributed by atoms with Gasteiger partial charge in [0.05, 0.1) is 17.0 Å². The minimum Gasteiger partial charge on any atom is -0.427 e. The average molecular weight is 455 g/mol. The predicted octanol–water partition coefficient (Wildman–Crippen LogP) is 4.17. The number of hydrogen-bond acceptors (Lipinski definition) is 6. The van der Waals surface area contributed by atoms with Crippen LogP contribution in [0.4, 0.5) is 5.69 Å². The molecule has 1 aromatic heterocycles. The summed E-state index contributed by atoms with van der Waals surface area (Å²) in [6.07, 6.45) is 5.91. The van der Waals surface area contributed by atoms with Crippen molar-refractivity contribution < 1.29 is 23.9 Å². The number of amides is 3. The summed E-state index contributed by atoms with van der Waals surface area (Å²) in [5.41, 5.74) is 0.405. The van der Waals surface area contributed by atoms with Crippen LogP contribution in [0.5, 0.6) is 5.75 Å². The summed E-state index contributed by atoms with van der Waals surface area (Å²) in [7, 11) is 0. The highest BCUT2D eigenvalue weighted by Crippen LogP contribution is 2.33. The summed E-state index contributed by atoms with van der Waals surface area (Å²) in [4.78, 5) is 54.4. The van der Waals surface area contributed by atoms with Crippen LogP contribution in [0.1, 0.15) is 61.5 Å². The fourth-order valence-corrected chi connectivity index (χ4v) is 5.23. The Morgan fingerprint density at radius 1 is 1.03 bits per heavy atom. The SMILES string of the molecule is CC(=O)Oc1ccc(N2C(=O)CC(N(C(=O)c3cccs3)C3CCCCCC3)C2=O)cc1. The number of hydrogen-bond donors (Lipinski definition) is 0. The molecule has 32 heavy (non-hydrogen) atoms. The molecule has 0 N–H and O–H groups in total. The number of rotatable bonds is 5. The van der Waals surface area contributed by atoms with Crippen LogP contribution in [0.2, 0.25) is 0 Å². The van der Waals surface area contributed by atoms with E-state index < -0.39 is 12.0 Å². The van der Waals surface area contributed by atoms with Gasteiger partial charge in [0.25, 0.3) is 11.8 Å². The van der Waals surface area contributed by atoms with Gasteiger partial charge in [-0.1, -0.05) is 31.7 Å². The second kappa shape index (κ2) is 9.65. The molecule has 0 bridgehead atoms. The van der Waals surface area contributed by atoms with Crippen LogP contribution in [0.25, 0.3) is 0 Å². The number of esters is 1. The van der Waals surface area contributed by atoms with Crippen LogP contribution in [-0.2, 0) is 14.4 Å². The molecule has 1 aromatic carbocycles. The first-order valence-electron chi connectivity index (χ1n) is 11.0. The lowest BCUT2D eigenvalue weighted by molar-refractivity contribution is -0.132. The lowest BCUT2D eigenvalue weighted by atomic mass is 10.0. The van der Waals surface area contributed by atoms with E-state index >= 15 is 0 Å². The third-order valence-corrected chi connectivity index (χ3v) is 6.86. The normalized spacial score (nSPS) is 19.7. The molecule has 1 aliphatic carbocycles. The molecule has 8 heteroatoms. The van der Waals surface area contributed by atoms with Crippen LogP contribution in [0, 0.1) is 0 Å². The third-order valence-electron chi connectivity index (χ3n) is 6.00. The molecule has 1 aliphatic heterocycles. The molecule has 1 unspecified atom stereocenters. The first kappa shape index (κ1) is 22.2. The van der Waals surface area contributed by atoms with Crippen molar-refractivity contribution in [2.24, 2.45) is 0 Å². The molecule has 0 spiro atoms. The highest BCUT2D eigenvalue weighted by molar-refractivity contribution is 7.12. The van der Waals surface area contributed by atoms with Crippen LogP contribution in [0.3, 0.4) is 0 Å². The summed E-state index contributed by atoms with van der Waals surface area (Å²) in [6.45, 7) is 1.30. The van der Waals surface area contributed by atoms with Gasteiger partial charge in [-0.15, -0.1) is 11.3 Å². The maximum atomic E-state index is 13.5. The van der Waals surface area contributed by atoms with E-state index in [9.17, 15) is 19.2 Å². The molecule has 168 valence electrons. The van der Waals surface area contributed by atoms with Crippen LogP contribution >= 0.6 is 11.3 Å². The van der Waals surface area contributed by atoms with Crippen molar-refractivity contribution >= 4 is 40.7 Å². The zero-order valence-electron chi connectivity index (χ0n) is 18.0. The number of carbonyl (C=O) groups is 4. The Morgan fingerprint density at radius 2 is 1.72 bits per heavy atom. The topological polar surface area (TPSA) is 84.0 Å². The van der Waals surface area contributed by atoms with E-state index in [0.29, 0.717) is 16.3 Å². The molecule has 1 saturated heterocycles. The van der Waals surface area contributed by atoms with Crippen LogP contribution < -0.4 is 9.64 Å². The number of benzene rings is 1. The first-order valence-corrected chi connectivity index (χ1v) is 11.8. The first-order chi connectivity index (χ1) is 15.5. The largest absolute Gasteiger partial charge is 0.427 e. The number of anilines is 1. The second-order valence-electron chi connectivity index (χ2n) is 8.21. The molecule has 1 saturated carbocycles. The minimum absolute atomic E-state index is 0.0296. The minimum atomic E-state index is -0.812. The van der Waals surface area contributed by atoms with E-state index in [1.165, 1.54) is 18.3 Å². The highest BCUT2D eigenvalue weighted by atomic mass is 32.1. The predicted molar refractivity (Wildman–Crippen MR) is 121 cm³/mol. The molecule has 1 atom stereocenters. The van der Waals surface area contributed by atoms with Crippen molar-refractivity contribution in [2.45, 2.75) is 64.0 Å². The Hall–Kier alpha value is -3.00. The molecule has 2 heterocycles. The standard InChI is InChI=1S/C24H26N2O5S/c1-16(27)31-19-12-10-18(11-13-19)26-22(28)15-20(23(26)29)25(17-7-4-2-3-5-8-17)24(30)21-9-6-14-32-21/h6,9-14,17,20H,2-5,7-8,15H2,1H3. The van der Waals surface area contributed by atoms with Gasteiger partial charge in [0.15, 0.2) is 0 Å². The summed E-state index contributed by atoms with van der Waals surface area (Å²) >= 11 is 1.35. The van der Waals surface area contributed by atoms with Crippen molar-refractivity contribution in [3.05, 3.63) is 46.7 Å². The summed E-state index contributed by atoms with van der Waals surface area (Å²) in [5.74, 6) is -1.01. The number of nitrogens with zero attached hydrogens (tertiary/aromatic N) is 2. The van der Waals surface area contributed by atoms with Gasteiger partial charge in [0.1, 0.15) is 11.8 Å². The van der Waals surface area contributed by atoms with E-state index in [1.807, 2.05) is 11.4 Å².